The summed E-state index contributed by atoms with van der Waals surface area (Å²) < 4.78 is 32.6. The summed E-state index contributed by atoms with van der Waals surface area (Å²) in [4.78, 5) is 0. The van der Waals surface area contributed by atoms with Crippen LogP contribution in [-0.4, -0.2) is 32.9 Å². The number of nitrogens with one attached hydrogen (secondary N) is 1. The number of hydrogen-bond donors (Lipinski definition) is 1. The number of hydrogen-bond acceptors (Lipinski definition) is 3. The molecule has 1 aliphatic heterocycles. The summed E-state index contributed by atoms with van der Waals surface area (Å²) in [5, 5.41) is 3.26. The van der Waals surface area contributed by atoms with Crippen LogP contribution in [0.3, 0.4) is 0 Å². The van der Waals surface area contributed by atoms with Gasteiger partial charge in [0.2, 0.25) is 0 Å². The van der Waals surface area contributed by atoms with Crippen molar-refractivity contribution in [2.24, 2.45) is 0 Å². The summed E-state index contributed by atoms with van der Waals surface area (Å²) in [6.45, 7) is 1.28. The van der Waals surface area contributed by atoms with E-state index >= 15 is 0 Å². The van der Waals surface area contributed by atoms with Gasteiger partial charge in [-0.2, -0.15) is 8.78 Å². The average molecular weight is 273 g/mol. The summed E-state index contributed by atoms with van der Waals surface area (Å²) in [5.74, 6) is 0.208. The smallest absolute Gasteiger partial charge is 0.387 e. The van der Waals surface area contributed by atoms with E-state index in [1.165, 1.54) is 25.5 Å². The van der Waals surface area contributed by atoms with E-state index in [4.69, 9.17) is 4.74 Å². The van der Waals surface area contributed by atoms with Crippen molar-refractivity contribution in [1.82, 2.24) is 5.32 Å². The van der Waals surface area contributed by atoms with Crippen LogP contribution in [0, 0.1) is 6.92 Å². The van der Waals surface area contributed by atoms with E-state index in [0.717, 1.165) is 12.1 Å². The molecule has 0 amide bonds. The molecule has 1 aliphatic rings. The molecule has 1 saturated heterocycles. The molecule has 1 aromatic carbocycles. The fourth-order valence-corrected chi connectivity index (χ4v) is 1.81. The number of rotatable bonds is 3. The third-order valence-corrected chi connectivity index (χ3v) is 2.80. The van der Waals surface area contributed by atoms with Gasteiger partial charge in [-0.15, -0.1) is 0 Å². The zero-order valence-electron chi connectivity index (χ0n) is 11.4. The van der Waals surface area contributed by atoms with Crippen LogP contribution in [0.15, 0.2) is 24.3 Å². The molecule has 108 valence electrons. The highest BCUT2D eigenvalue weighted by atomic mass is 19.3. The van der Waals surface area contributed by atoms with E-state index in [2.05, 4.69) is 10.1 Å². The first kappa shape index (κ1) is 15.9. The topological polar surface area (TPSA) is 30.5 Å². The molecule has 19 heavy (non-hydrogen) atoms. The average Bonchev–Trinajstić information content (AvgIpc) is 2.40. The first-order valence-electron chi connectivity index (χ1n) is 6.37. The second kappa shape index (κ2) is 8.82. The summed E-state index contributed by atoms with van der Waals surface area (Å²) in [6, 6.07) is 6.55. The van der Waals surface area contributed by atoms with Crippen LogP contribution in [0.4, 0.5) is 8.78 Å². The number of piperidine rings is 1. The molecule has 3 nitrogen and oxygen atoms in total. The van der Waals surface area contributed by atoms with Crippen LogP contribution >= 0.6 is 0 Å². The second-order valence-electron chi connectivity index (χ2n) is 4.40. The van der Waals surface area contributed by atoms with Gasteiger partial charge in [0, 0.05) is 13.7 Å². The molecule has 0 radical (unpaired) electrons. The van der Waals surface area contributed by atoms with Crippen molar-refractivity contribution in [3.05, 3.63) is 29.8 Å². The normalized spacial score (nSPS) is 18.7. The molecule has 5 heteroatoms. The van der Waals surface area contributed by atoms with E-state index in [9.17, 15) is 8.78 Å². The molecule has 1 fully saturated rings. The fourth-order valence-electron chi connectivity index (χ4n) is 1.81. The van der Waals surface area contributed by atoms with E-state index in [0.29, 0.717) is 6.10 Å². The summed E-state index contributed by atoms with van der Waals surface area (Å²) in [7, 11) is 1.78. The minimum Gasteiger partial charge on any atom is -0.435 e. The Morgan fingerprint density at radius 3 is 2.63 bits per heavy atom. The van der Waals surface area contributed by atoms with E-state index in [1.54, 1.807) is 19.2 Å². The number of alkyl halides is 2. The Balaban J connectivity index is 0.000000200. The van der Waals surface area contributed by atoms with Gasteiger partial charge in [-0.25, -0.2) is 0 Å². The molecule has 1 heterocycles. The number of ether oxygens (including phenoxy) is 2. The van der Waals surface area contributed by atoms with Gasteiger partial charge in [-0.1, -0.05) is 12.1 Å². The predicted octanol–water partition coefficient (Wildman–Crippen LogP) is 2.98. The Hall–Kier alpha value is -1.20. The van der Waals surface area contributed by atoms with E-state index in [1.807, 2.05) is 13.0 Å². The van der Waals surface area contributed by atoms with Crippen molar-refractivity contribution in [2.45, 2.75) is 32.5 Å². The Bertz CT molecular complexity index is 355. The quantitative estimate of drug-likeness (QED) is 0.918. The van der Waals surface area contributed by atoms with Crippen molar-refractivity contribution in [2.75, 3.05) is 20.2 Å². The highest BCUT2D eigenvalue weighted by molar-refractivity contribution is 5.27. The first-order chi connectivity index (χ1) is 9.11. The van der Waals surface area contributed by atoms with Gasteiger partial charge < -0.3 is 14.8 Å². The Morgan fingerprint density at radius 2 is 2.16 bits per heavy atom. The Morgan fingerprint density at radius 1 is 1.37 bits per heavy atom. The van der Waals surface area contributed by atoms with Crippen LogP contribution in [0.2, 0.25) is 0 Å². The third kappa shape index (κ3) is 7.08. The summed E-state index contributed by atoms with van der Waals surface area (Å²) in [6.07, 6.45) is 2.96. The van der Waals surface area contributed by atoms with Gasteiger partial charge in [-0.3, -0.25) is 0 Å². The minimum atomic E-state index is -2.74. The molecule has 2 rings (SSSR count). The second-order valence-corrected chi connectivity index (χ2v) is 4.40. The lowest BCUT2D eigenvalue weighted by atomic mass is 10.1. The molecule has 0 spiro atoms. The monoisotopic (exact) mass is 273 g/mol. The van der Waals surface area contributed by atoms with Crippen LogP contribution in [0.5, 0.6) is 5.75 Å². The minimum absolute atomic E-state index is 0.208. The Kier molecular flexibility index (Phi) is 7.36. The first-order valence-corrected chi connectivity index (χ1v) is 6.37. The van der Waals surface area contributed by atoms with E-state index in [-0.39, 0.29) is 5.75 Å². The maximum atomic E-state index is 11.6. The van der Waals surface area contributed by atoms with Crippen LogP contribution in [0.25, 0.3) is 0 Å². The van der Waals surface area contributed by atoms with Crippen LogP contribution < -0.4 is 10.1 Å². The SMILES string of the molecule is COC1CCCNC1.Cc1cccc(OC(F)F)c1. The highest BCUT2D eigenvalue weighted by Crippen LogP contribution is 2.14. The third-order valence-electron chi connectivity index (χ3n) is 2.80. The molecule has 0 saturated carbocycles. The molecular formula is C14H21F2NO2. The largest absolute Gasteiger partial charge is 0.435 e. The van der Waals surface area contributed by atoms with Crippen molar-refractivity contribution in [3.8, 4) is 5.75 Å². The molecular weight excluding hydrogens is 252 g/mol. The number of aryl methyl sites for hydroxylation is 1. The van der Waals surface area contributed by atoms with Crippen molar-refractivity contribution in [1.29, 1.82) is 0 Å². The van der Waals surface area contributed by atoms with Crippen LogP contribution in [0.1, 0.15) is 18.4 Å². The fraction of sp³-hybridized carbons (Fsp3) is 0.571. The summed E-state index contributed by atoms with van der Waals surface area (Å²) in [5.41, 5.74) is 0.906. The number of methoxy groups -OCH3 is 1. The van der Waals surface area contributed by atoms with E-state index < -0.39 is 6.61 Å². The lowest BCUT2D eigenvalue weighted by molar-refractivity contribution is -0.0498. The molecule has 0 bridgehead atoms. The van der Waals surface area contributed by atoms with Gasteiger partial charge in [0.15, 0.2) is 0 Å². The lowest BCUT2D eigenvalue weighted by Crippen LogP contribution is -2.34. The maximum absolute atomic E-state index is 11.6. The Labute approximate surface area is 112 Å². The predicted molar refractivity (Wildman–Crippen MR) is 70.7 cm³/mol. The van der Waals surface area contributed by atoms with Crippen molar-refractivity contribution >= 4 is 0 Å². The molecule has 0 aliphatic carbocycles. The molecule has 1 N–H and O–H groups in total. The van der Waals surface area contributed by atoms with Crippen molar-refractivity contribution in [3.63, 3.8) is 0 Å². The molecule has 1 atom stereocenters. The molecule has 1 aromatic rings. The zero-order chi connectivity index (χ0) is 14.1. The summed E-state index contributed by atoms with van der Waals surface area (Å²) >= 11 is 0. The number of benzene rings is 1. The molecule has 1 unspecified atom stereocenters. The van der Waals surface area contributed by atoms with Gasteiger partial charge in [0.05, 0.1) is 6.10 Å². The number of halogens is 2. The highest BCUT2D eigenvalue weighted by Gasteiger charge is 2.09. The maximum Gasteiger partial charge on any atom is 0.387 e. The van der Waals surface area contributed by atoms with Gasteiger partial charge in [-0.05, 0) is 44.0 Å². The standard InChI is InChI=1S/C8H8F2O.C6H13NO/c1-6-3-2-4-7(5-6)11-8(9)10;1-8-6-3-2-4-7-5-6/h2-5,8H,1H3;6-7H,2-5H2,1H3. The lowest BCUT2D eigenvalue weighted by Gasteiger charge is -2.20. The van der Waals surface area contributed by atoms with Crippen molar-refractivity contribution < 1.29 is 18.3 Å². The van der Waals surface area contributed by atoms with Gasteiger partial charge >= 0.3 is 6.61 Å². The molecule has 0 aromatic heterocycles. The van der Waals surface area contributed by atoms with Gasteiger partial charge in [0.25, 0.3) is 0 Å². The van der Waals surface area contributed by atoms with Crippen LogP contribution in [-0.2, 0) is 4.74 Å². The van der Waals surface area contributed by atoms with Gasteiger partial charge in [0.1, 0.15) is 5.75 Å². The zero-order valence-corrected chi connectivity index (χ0v) is 11.4.